The van der Waals surface area contributed by atoms with Gasteiger partial charge >= 0.3 is 0 Å². The number of piperazine rings is 1. The van der Waals surface area contributed by atoms with E-state index in [2.05, 4.69) is 25.0 Å². The second-order valence-electron chi connectivity index (χ2n) is 5.80. The van der Waals surface area contributed by atoms with Crippen molar-refractivity contribution in [3.63, 3.8) is 0 Å². The van der Waals surface area contributed by atoms with Crippen LogP contribution < -0.4 is 4.90 Å². The maximum Gasteiger partial charge on any atom is 0.240 e. The van der Waals surface area contributed by atoms with Gasteiger partial charge in [0.2, 0.25) is 5.89 Å². The highest BCUT2D eigenvalue weighted by molar-refractivity contribution is 5.43. The average Bonchev–Trinajstić information content (AvgIpc) is 3.28. The zero-order valence-electron chi connectivity index (χ0n) is 13.5. The lowest BCUT2D eigenvalue weighted by Crippen LogP contribution is -2.46. The number of hydrogen-bond donors (Lipinski definition) is 0. The molecule has 0 aromatic carbocycles. The van der Waals surface area contributed by atoms with Crippen molar-refractivity contribution in [2.75, 3.05) is 31.1 Å². The Morgan fingerprint density at radius 1 is 1.04 bits per heavy atom. The molecule has 0 spiro atoms. The lowest BCUT2D eigenvalue weighted by atomic mass is 10.3. The average molecular weight is 325 g/mol. The molecule has 3 aromatic heterocycles. The van der Waals surface area contributed by atoms with E-state index in [-0.39, 0.29) is 0 Å². The maximum absolute atomic E-state index is 5.20. The standard InChI is InChI=1S/C16H19N7O/c1-13-18-16(24-20-13)12-21-8-10-22(11-9-21)14-4-2-5-15(19-14)23-7-3-6-17-23/h2-7H,8-12H2,1H3. The molecule has 8 nitrogen and oxygen atoms in total. The second-order valence-corrected chi connectivity index (χ2v) is 5.80. The van der Waals surface area contributed by atoms with Crippen molar-refractivity contribution in [2.45, 2.75) is 13.5 Å². The molecule has 4 heterocycles. The highest BCUT2D eigenvalue weighted by atomic mass is 16.5. The molecule has 1 fully saturated rings. The first-order valence-corrected chi connectivity index (χ1v) is 8.01. The molecule has 8 heteroatoms. The number of nitrogens with zero attached hydrogens (tertiary/aromatic N) is 7. The summed E-state index contributed by atoms with van der Waals surface area (Å²) in [5.74, 6) is 3.18. The van der Waals surface area contributed by atoms with E-state index in [9.17, 15) is 0 Å². The van der Waals surface area contributed by atoms with Crippen LogP contribution in [0.3, 0.4) is 0 Å². The van der Waals surface area contributed by atoms with E-state index in [1.165, 1.54) is 0 Å². The molecule has 3 aromatic rings. The first-order valence-electron chi connectivity index (χ1n) is 8.01. The van der Waals surface area contributed by atoms with Crippen molar-refractivity contribution in [3.05, 3.63) is 48.4 Å². The van der Waals surface area contributed by atoms with Crippen LogP contribution in [0.4, 0.5) is 5.82 Å². The van der Waals surface area contributed by atoms with Gasteiger partial charge in [0.1, 0.15) is 5.82 Å². The van der Waals surface area contributed by atoms with Gasteiger partial charge in [0, 0.05) is 38.6 Å². The van der Waals surface area contributed by atoms with Gasteiger partial charge in [-0.15, -0.1) is 0 Å². The minimum Gasteiger partial charge on any atom is -0.354 e. The SMILES string of the molecule is Cc1noc(CN2CCN(c3cccc(-n4cccn4)n3)CC2)n1. The Hall–Kier alpha value is -2.74. The molecule has 0 amide bonds. The molecule has 0 N–H and O–H groups in total. The summed E-state index contributed by atoms with van der Waals surface area (Å²) < 4.78 is 6.97. The molecule has 0 atom stereocenters. The molecular weight excluding hydrogens is 306 g/mol. The molecule has 0 radical (unpaired) electrons. The van der Waals surface area contributed by atoms with Crippen LogP contribution in [0.5, 0.6) is 0 Å². The largest absolute Gasteiger partial charge is 0.354 e. The summed E-state index contributed by atoms with van der Waals surface area (Å²) in [4.78, 5) is 13.6. The molecular formula is C16H19N7O. The zero-order valence-corrected chi connectivity index (χ0v) is 13.5. The molecule has 0 bridgehead atoms. The van der Waals surface area contributed by atoms with Crippen LogP contribution in [0.1, 0.15) is 11.7 Å². The van der Waals surface area contributed by atoms with Crippen molar-refractivity contribution < 1.29 is 4.52 Å². The minimum absolute atomic E-state index is 0.680. The van der Waals surface area contributed by atoms with E-state index < -0.39 is 0 Å². The fourth-order valence-corrected chi connectivity index (χ4v) is 2.85. The van der Waals surface area contributed by atoms with E-state index >= 15 is 0 Å². The second kappa shape index (κ2) is 6.40. The van der Waals surface area contributed by atoms with E-state index in [1.54, 1.807) is 10.9 Å². The first kappa shape index (κ1) is 14.8. The quantitative estimate of drug-likeness (QED) is 0.715. The van der Waals surface area contributed by atoms with Crippen LogP contribution in [0.15, 0.2) is 41.2 Å². The molecule has 24 heavy (non-hydrogen) atoms. The zero-order chi connectivity index (χ0) is 16.4. The van der Waals surface area contributed by atoms with Crippen LogP contribution >= 0.6 is 0 Å². The summed E-state index contributed by atoms with van der Waals surface area (Å²) in [6.07, 6.45) is 3.66. The Labute approximate surface area is 139 Å². The van der Waals surface area contributed by atoms with E-state index in [0.29, 0.717) is 18.3 Å². The van der Waals surface area contributed by atoms with Gasteiger partial charge in [-0.2, -0.15) is 10.1 Å². The number of aromatic nitrogens is 5. The number of anilines is 1. The Morgan fingerprint density at radius 3 is 2.58 bits per heavy atom. The topological polar surface area (TPSA) is 76.1 Å². The lowest BCUT2D eigenvalue weighted by Gasteiger charge is -2.34. The summed E-state index contributed by atoms with van der Waals surface area (Å²) in [7, 11) is 0. The van der Waals surface area contributed by atoms with Crippen LogP contribution in [0, 0.1) is 6.92 Å². The van der Waals surface area contributed by atoms with Crippen molar-refractivity contribution in [2.24, 2.45) is 0 Å². The molecule has 0 saturated carbocycles. The predicted molar refractivity (Wildman–Crippen MR) is 87.9 cm³/mol. The van der Waals surface area contributed by atoms with Crippen molar-refractivity contribution in [3.8, 4) is 5.82 Å². The van der Waals surface area contributed by atoms with E-state index in [4.69, 9.17) is 9.51 Å². The molecule has 1 aliphatic rings. The summed E-state index contributed by atoms with van der Waals surface area (Å²) in [5.41, 5.74) is 0. The Balaban J connectivity index is 1.40. The molecule has 1 saturated heterocycles. The number of pyridine rings is 1. The van der Waals surface area contributed by atoms with E-state index in [0.717, 1.165) is 37.8 Å². The molecule has 1 aliphatic heterocycles. The highest BCUT2D eigenvalue weighted by Crippen LogP contribution is 2.16. The summed E-state index contributed by atoms with van der Waals surface area (Å²) in [6, 6.07) is 7.92. The summed E-state index contributed by atoms with van der Waals surface area (Å²) in [5, 5.41) is 8.08. The third-order valence-corrected chi connectivity index (χ3v) is 4.08. The van der Waals surface area contributed by atoms with Crippen molar-refractivity contribution in [1.82, 2.24) is 29.8 Å². The van der Waals surface area contributed by atoms with Gasteiger partial charge in [0.25, 0.3) is 0 Å². The van der Waals surface area contributed by atoms with Crippen LogP contribution in [0.2, 0.25) is 0 Å². The highest BCUT2D eigenvalue weighted by Gasteiger charge is 2.20. The van der Waals surface area contributed by atoms with Crippen LogP contribution in [0.25, 0.3) is 5.82 Å². The monoisotopic (exact) mass is 325 g/mol. The minimum atomic E-state index is 0.680. The van der Waals surface area contributed by atoms with Crippen LogP contribution in [-0.2, 0) is 6.54 Å². The first-order chi connectivity index (χ1) is 11.8. The van der Waals surface area contributed by atoms with E-state index in [1.807, 2.05) is 37.4 Å². The number of hydrogen-bond acceptors (Lipinski definition) is 7. The Morgan fingerprint density at radius 2 is 1.88 bits per heavy atom. The van der Waals surface area contributed by atoms with Crippen LogP contribution in [-0.4, -0.2) is 56.0 Å². The normalized spacial score (nSPS) is 15.8. The fraction of sp³-hybridized carbons (Fsp3) is 0.375. The predicted octanol–water partition coefficient (Wildman–Crippen LogP) is 1.28. The van der Waals surface area contributed by atoms with Gasteiger partial charge in [-0.25, -0.2) is 9.67 Å². The summed E-state index contributed by atoms with van der Waals surface area (Å²) >= 11 is 0. The lowest BCUT2D eigenvalue weighted by molar-refractivity contribution is 0.215. The van der Waals surface area contributed by atoms with Gasteiger partial charge in [0.05, 0.1) is 6.54 Å². The summed E-state index contributed by atoms with van der Waals surface area (Å²) in [6.45, 7) is 6.26. The molecule has 124 valence electrons. The Bertz CT molecular complexity index is 790. The number of rotatable bonds is 4. The molecule has 4 rings (SSSR count). The third-order valence-electron chi connectivity index (χ3n) is 4.08. The number of aryl methyl sites for hydroxylation is 1. The van der Waals surface area contributed by atoms with Crippen molar-refractivity contribution >= 4 is 5.82 Å². The van der Waals surface area contributed by atoms with Gasteiger partial charge in [0.15, 0.2) is 11.6 Å². The smallest absolute Gasteiger partial charge is 0.240 e. The molecule has 0 unspecified atom stereocenters. The van der Waals surface area contributed by atoms with Gasteiger partial charge in [-0.1, -0.05) is 11.2 Å². The van der Waals surface area contributed by atoms with Gasteiger partial charge in [-0.3, -0.25) is 4.90 Å². The third kappa shape index (κ3) is 3.13. The van der Waals surface area contributed by atoms with Gasteiger partial charge < -0.3 is 9.42 Å². The molecule has 0 aliphatic carbocycles. The Kier molecular flexibility index (Phi) is 3.96. The fourth-order valence-electron chi connectivity index (χ4n) is 2.85. The van der Waals surface area contributed by atoms with Gasteiger partial charge in [-0.05, 0) is 25.1 Å². The van der Waals surface area contributed by atoms with Crippen molar-refractivity contribution in [1.29, 1.82) is 0 Å². The maximum atomic E-state index is 5.20.